The number of aromatic nitrogens is 4. The van der Waals surface area contributed by atoms with E-state index in [9.17, 15) is 18.0 Å². The van der Waals surface area contributed by atoms with E-state index in [4.69, 9.17) is 0 Å². The first kappa shape index (κ1) is 22.9. The standard InChI is InChI=1S/C24H24N6O4S/c1-27(2)35(33,34)19-10-11-21-17(13-19)7-6-12-29(21)22(31)15-28-16-25-23-20(24(28)32)14-26-30(23)18-8-4-3-5-9-18/h3-5,8-11,13-14,16H,6-7,12,15H2,1-2H3. The Morgan fingerprint density at radius 3 is 2.63 bits per heavy atom. The molecule has 1 amide bonds. The molecule has 0 radical (unpaired) electrons. The number of sulfonamides is 1. The maximum absolute atomic E-state index is 13.2. The molecule has 0 saturated heterocycles. The Morgan fingerprint density at radius 2 is 1.89 bits per heavy atom. The number of rotatable bonds is 5. The van der Waals surface area contributed by atoms with Crippen molar-refractivity contribution >= 4 is 32.7 Å². The molecule has 4 aromatic rings. The summed E-state index contributed by atoms with van der Waals surface area (Å²) in [7, 11) is -0.607. The van der Waals surface area contributed by atoms with E-state index in [2.05, 4.69) is 10.1 Å². The topological polar surface area (TPSA) is 110 Å². The van der Waals surface area contributed by atoms with Crippen molar-refractivity contribution in [2.75, 3.05) is 25.5 Å². The van der Waals surface area contributed by atoms with Gasteiger partial charge < -0.3 is 4.90 Å². The van der Waals surface area contributed by atoms with E-state index in [0.29, 0.717) is 36.1 Å². The lowest BCUT2D eigenvalue weighted by Gasteiger charge is -2.30. The van der Waals surface area contributed by atoms with Gasteiger partial charge in [0.05, 0.1) is 16.8 Å². The van der Waals surface area contributed by atoms with Crippen LogP contribution >= 0.6 is 0 Å². The van der Waals surface area contributed by atoms with Gasteiger partial charge in [-0.1, -0.05) is 18.2 Å². The fraction of sp³-hybridized carbons (Fsp3) is 0.250. The highest BCUT2D eigenvalue weighted by atomic mass is 32.2. The Labute approximate surface area is 202 Å². The van der Waals surface area contributed by atoms with Gasteiger partial charge in [-0.3, -0.25) is 14.2 Å². The molecule has 10 nitrogen and oxygen atoms in total. The molecule has 1 aliphatic heterocycles. The minimum atomic E-state index is -3.57. The largest absolute Gasteiger partial charge is 0.311 e. The fourth-order valence-electron chi connectivity index (χ4n) is 4.25. The molecule has 0 fully saturated rings. The zero-order valence-electron chi connectivity index (χ0n) is 19.3. The molecule has 2 aromatic carbocycles. The summed E-state index contributed by atoms with van der Waals surface area (Å²) in [4.78, 5) is 32.5. The number of hydrogen-bond donors (Lipinski definition) is 0. The second-order valence-corrected chi connectivity index (χ2v) is 10.7. The molecule has 0 N–H and O–H groups in total. The van der Waals surface area contributed by atoms with Gasteiger partial charge in [-0.25, -0.2) is 22.4 Å². The zero-order valence-corrected chi connectivity index (χ0v) is 20.1. The van der Waals surface area contributed by atoms with E-state index in [1.54, 1.807) is 21.7 Å². The summed E-state index contributed by atoms with van der Waals surface area (Å²) in [6.45, 7) is 0.303. The van der Waals surface area contributed by atoms with Crippen LogP contribution in [0.4, 0.5) is 5.69 Å². The Morgan fingerprint density at radius 1 is 1.11 bits per heavy atom. The Balaban J connectivity index is 1.43. The van der Waals surface area contributed by atoms with Crippen LogP contribution in [0.1, 0.15) is 12.0 Å². The van der Waals surface area contributed by atoms with Gasteiger partial charge in [0, 0.05) is 26.3 Å². The Bertz CT molecular complexity index is 1590. The number of amides is 1. The highest BCUT2D eigenvalue weighted by molar-refractivity contribution is 7.89. The number of fused-ring (bicyclic) bond motifs is 2. The van der Waals surface area contributed by atoms with E-state index >= 15 is 0 Å². The average molecular weight is 493 g/mol. The maximum Gasteiger partial charge on any atom is 0.264 e. The van der Waals surface area contributed by atoms with E-state index in [0.717, 1.165) is 15.6 Å². The summed E-state index contributed by atoms with van der Waals surface area (Å²) < 4.78 is 29.0. The first-order valence-electron chi connectivity index (χ1n) is 11.1. The van der Waals surface area contributed by atoms with E-state index in [-0.39, 0.29) is 22.9 Å². The smallest absolute Gasteiger partial charge is 0.264 e. The Kier molecular flexibility index (Phi) is 5.73. The number of carbonyl (C=O) groups is 1. The maximum atomic E-state index is 13.2. The van der Waals surface area contributed by atoms with Crippen molar-refractivity contribution in [2.24, 2.45) is 0 Å². The molecule has 35 heavy (non-hydrogen) atoms. The molecular weight excluding hydrogens is 468 g/mol. The van der Waals surface area contributed by atoms with Crippen molar-refractivity contribution in [3.05, 3.63) is 77.0 Å². The second-order valence-electron chi connectivity index (χ2n) is 8.53. The molecule has 0 unspecified atom stereocenters. The van der Waals surface area contributed by atoms with E-state index in [1.165, 1.54) is 37.3 Å². The van der Waals surface area contributed by atoms with Crippen molar-refractivity contribution < 1.29 is 13.2 Å². The summed E-state index contributed by atoms with van der Waals surface area (Å²) in [5, 5.41) is 4.62. The average Bonchev–Trinajstić information content (AvgIpc) is 3.30. The van der Waals surface area contributed by atoms with Crippen molar-refractivity contribution in [1.29, 1.82) is 0 Å². The van der Waals surface area contributed by atoms with Gasteiger partial charge in [0.15, 0.2) is 5.65 Å². The third-order valence-corrected chi connectivity index (χ3v) is 7.92. The number of anilines is 1. The molecule has 0 bridgehead atoms. The molecular formula is C24H24N6O4S. The molecule has 0 atom stereocenters. The van der Waals surface area contributed by atoms with Gasteiger partial charge in [0.1, 0.15) is 18.3 Å². The van der Waals surface area contributed by atoms with Gasteiger partial charge >= 0.3 is 0 Å². The molecule has 0 saturated carbocycles. The van der Waals surface area contributed by atoms with Gasteiger partial charge in [-0.15, -0.1) is 0 Å². The van der Waals surface area contributed by atoms with Gasteiger partial charge in [-0.2, -0.15) is 5.10 Å². The number of carbonyl (C=O) groups excluding carboxylic acids is 1. The lowest BCUT2D eigenvalue weighted by molar-refractivity contribution is -0.119. The number of nitrogens with zero attached hydrogens (tertiary/aromatic N) is 6. The van der Waals surface area contributed by atoms with Crippen molar-refractivity contribution in [1.82, 2.24) is 23.6 Å². The van der Waals surface area contributed by atoms with Crippen molar-refractivity contribution in [3.63, 3.8) is 0 Å². The van der Waals surface area contributed by atoms with Crippen LogP contribution in [0.3, 0.4) is 0 Å². The zero-order chi connectivity index (χ0) is 24.7. The van der Waals surface area contributed by atoms with Crippen LogP contribution in [0.25, 0.3) is 16.7 Å². The monoisotopic (exact) mass is 492 g/mol. The predicted molar refractivity (Wildman–Crippen MR) is 131 cm³/mol. The molecule has 0 aliphatic carbocycles. The third-order valence-electron chi connectivity index (χ3n) is 6.11. The fourth-order valence-corrected chi connectivity index (χ4v) is 5.21. The minimum absolute atomic E-state index is 0.185. The molecule has 0 spiro atoms. The minimum Gasteiger partial charge on any atom is -0.311 e. The molecule has 180 valence electrons. The normalized spacial score (nSPS) is 13.9. The summed E-state index contributed by atoms with van der Waals surface area (Å²) in [6.07, 6.45) is 4.19. The first-order chi connectivity index (χ1) is 16.8. The van der Waals surface area contributed by atoms with E-state index in [1.807, 2.05) is 30.3 Å². The van der Waals surface area contributed by atoms with Gasteiger partial charge in [0.2, 0.25) is 15.9 Å². The Hall–Kier alpha value is -3.83. The summed E-state index contributed by atoms with van der Waals surface area (Å²) >= 11 is 0. The molecule has 3 heterocycles. The molecule has 1 aliphatic rings. The highest BCUT2D eigenvalue weighted by Gasteiger charge is 2.26. The van der Waals surface area contributed by atoms with Crippen LogP contribution in [0.15, 0.2) is 70.7 Å². The molecule has 11 heteroatoms. The number of hydrogen-bond acceptors (Lipinski definition) is 6. The predicted octanol–water partition coefficient (Wildman–Crippen LogP) is 1.81. The van der Waals surface area contributed by atoms with Crippen LogP contribution in [0.5, 0.6) is 0 Å². The van der Waals surface area contributed by atoms with Crippen LogP contribution in [0.2, 0.25) is 0 Å². The summed E-state index contributed by atoms with van der Waals surface area (Å²) in [5.41, 5.74) is 2.30. The summed E-state index contributed by atoms with van der Waals surface area (Å²) in [6, 6.07) is 14.2. The molecule has 5 rings (SSSR count). The van der Waals surface area contributed by atoms with Crippen molar-refractivity contribution in [3.8, 4) is 5.69 Å². The third kappa shape index (κ3) is 4.02. The van der Waals surface area contributed by atoms with Gasteiger partial charge in [0.25, 0.3) is 5.56 Å². The number of benzene rings is 2. The molecule has 2 aromatic heterocycles. The van der Waals surface area contributed by atoms with Crippen LogP contribution in [-0.2, 0) is 27.8 Å². The summed E-state index contributed by atoms with van der Waals surface area (Å²) in [5.74, 6) is -0.270. The van der Waals surface area contributed by atoms with Crippen LogP contribution in [-0.4, -0.2) is 58.6 Å². The lowest BCUT2D eigenvalue weighted by atomic mass is 10.0. The quantitative estimate of drug-likeness (QED) is 0.420. The highest BCUT2D eigenvalue weighted by Crippen LogP contribution is 2.30. The van der Waals surface area contributed by atoms with Crippen LogP contribution < -0.4 is 10.5 Å². The van der Waals surface area contributed by atoms with Crippen molar-refractivity contribution in [2.45, 2.75) is 24.3 Å². The van der Waals surface area contributed by atoms with Crippen LogP contribution in [0, 0.1) is 0 Å². The lowest BCUT2D eigenvalue weighted by Crippen LogP contribution is -2.39. The van der Waals surface area contributed by atoms with E-state index < -0.39 is 10.0 Å². The SMILES string of the molecule is CN(C)S(=O)(=O)c1ccc2c(c1)CCCN2C(=O)Cn1cnc2c(cnn2-c2ccccc2)c1=O. The first-order valence-corrected chi connectivity index (χ1v) is 12.6. The second kappa shape index (κ2) is 8.75. The van der Waals surface area contributed by atoms with Gasteiger partial charge in [-0.05, 0) is 48.7 Å². The number of aryl methyl sites for hydroxylation is 1. The number of para-hydroxylation sites is 1.